The molecule has 3 heteroatoms. The molecule has 1 aromatic heterocycles. The van der Waals surface area contributed by atoms with Gasteiger partial charge in [0.2, 0.25) is 0 Å². The molecule has 0 aliphatic carbocycles. The second kappa shape index (κ2) is 4.49. The van der Waals surface area contributed by atoms with E-state index >= 15 is 0 Å². The van der Waals surface area contributed by atoms with Crippen molar-refractivity contribution in [3.05, 3.63) is 47.3 Å². The smallest absolute Gasteiger partial charge is 0.0651 e. The van der Waals surface area contributed by atoms with Crippen molar-refractivity contribution in [3.63, 3.8) is 0 Å². The predicted molar refractivity (Wildman–Crippen MR) is 65.8 cm³/mol. The van der Waals surface area contributed by atoms with Crippen molar-refractivity contribution in [2.45, 2.75) is 20.4 Å². The Labute approximate surface area is 96.1 Å². The fourth-order valence-corrected chi connectivity index (χ4v) is 1.89. The summed E-state index contributed by atoms with van der Waals surface area (Å²) in [7, 11) is 1.95. The van der Waals surface area contributed by atoms with Crippen LogP contribution >= 0.6 is 0 Å². The van der Waals surface area contributed by atoms with Gasteiger partial charge in [0.25, 0.3) is 0 Å². The molecule has 0 aliphatic heterocycles. The van der Waals surface area contributed by atoms with Crippen LogP contribution in [0.2, 0.25) is 0 Å². The Kier molecular flexibility index (Phi) is 3.06. The van der Waals surface area contributed by atoms with Crippen molar-refractivity contribution < 1.29 is 0 Å². The molecule has 1 heterocycles. The van der Waals surface area contributed by atoms with Gasteiger partial charge in [0.15, 0.2) is 0 Å². The number of nitrogens with one attached hydrogen (secondary N) is 1. The lowest BCUT2D eigenvalue weighted by molar-refractivity contribution is 0.803. The van der Waals surface area contributed by atoms with E-state index in [0.29, 0.717) is 0 Å². The van der Waals surface area contributed by atoms with E-state index in [1.807, 2.05) is 18.7 Å². The quantitative estimate of drug-likeness (QED) is 0.850. The lowest BCUT2D eigenvalue weighted by Gasteiger charge is -2.06. The Morgan fingerprint density at radius 3 is 2.69 bits per heavy atom. The van der Waals surface area contributed by atoms with Crippen LogP contribution in [0.5, 0.6) is 0 Å². The summed E-state index contributed by atoms with van der Waals surface area (Å²) in [5.74, 6) is 0. The van der Waals surface area contributed by atoms with Crippen LogP contribution in [0.1, 0.15) is 17.0 Å². The van der Waals surface area contributed by atoms with Crippen molar-refractivity contribution in [2.24, 2.45) is 0 Å². The number of hydrogen-bond donors (Lipinski definition) is 1. The zero-order valence-corrected chi connectivity index (χ0v) is 9.99. The maximum absolute atomic E-state index is 4.48. The van der Waals surface area contributed by atoms with Crippen LogP contribution in [0.25, 0.3) is 5.69 Å². The van der Waals surface area contributed by atoms with E-state index in [9.17, 15) is 0 Å². The minimum absolute atomic E-state index is 0.882. The van der Waals surface area contributed by atoms with E-state index < -0.39 is 0 Å². The van der Waals surface area contributed by atoms with Gasteiger partial charge in [-0.05, 0) is 44.7 Å². The van der Waals surface area contributed by atoms with Crippen molar-refractivity contribution in [3.8, 4) is 5.69 Å². The minimum Gasteiger partial charge on any atom is -0.316 e. The molecule has 0 saturated carbocycles. The third kappa shape index (κ3) is 2.14. The largest absolute Gasteiger partial charge is 0.316 e. The molecule has 2 aromatic rings. The third-order valence-electron chi connectivity index (χ3n) is 2.55. The first-order valence-electron chi connectivity index (χ1n) is 5.48. The van der Waals surface area contributed by atoms with E-state index in [2.05, 4.69) is 47.7 Å². The first-order valence-corrected chi connectivity index (χ1v) is 5.48. The van der Waals surface area contributed by atoms with Crippen LogP contribution in [0.15, 0.2) is 30.3 Å². The minimum atomic E-state index is 0.882. The fraction of sp³-hybridized carbons (Fsp3) is 0.308. The summed E-state index contributed by atoms with van der Waals surface area (Å²) in [6, 6.07) is 10.5. The standard InChI is InChI=1S/C13H17N3/c1-10-7-11(2)16(15-10)13-6-4-5-12(8-13)9-14-3/h4-8,14H,9H2,1-3H3. The molecule has 1 aromatic carbocycles. The Morgan fingerprint density at radius 1 is 1.25 bits per heavy atom. The van der Waals surface area contributed by atoms with Gasteiger partial charge < -0.3 is 5.32 Å². The van der Waals surface area contributed by atoms with Gasteiger partial charge in [-0.15, -0.1) is 0 Å². The number of aromatic nitrogens is 2. The molecule has 84 valence electrons. The topological polar surface area (TPSA) is 29.9 Å². The van der Waals surface area contributed by atoms with Gasteiger partial charge in [0.05, 0.1) is 11.4 Å². The Morgan fingerprint density at radius 2 is 2.06 bits per heavy atom. The van der Waals surface area contributed by atoms with Crippen LogP contribution in [-0.2, 0) is 6.54 Å². The highest BCUT2D eigenvalue weighted by molar-refractivity contribution is 5.37. The van der Waals surface area contributed by atoms with E-state index in [0.717, 1.165) is 17.9 Å². The summed E-state index contributed by atoms with van der Waals surface area (Å²) in [6.45, 7) is 4.97. The first-order chi connectivity index (χ1) is 7.70. The van der Waals surface area contributed by atoms with Crippen LogP contribution in [0.3, 0.4) is 0 Å². The molecule has 16 heavy (non-hydrogen) atoms. The third-order valence-corrected chi connectivity index (χ3v) is 2.55. The van der Waals surface area contributed by atoms with Gasteiger partial charge in [0.1, 0.15) is 0 Å². The first kappa shape index (κ1) is 10.9. The van der Waals surface area contributed by atoms with E-state index in [-0.39, 0.29) is 0 Å². The fourth-order valence-electron chi connectivity index (χ4n) is 1.89. The normalized spacial score (nSPS) is 10.7. The summed E-state index contributed by atoms with van der Waals surface area (Å²) in [5, 5.41) is 7.63. The predicted octanol–water partition coefficient (Wildman–Crippen LogP) is 2.21. The molecule has 0 unspecified atom stereocenters. The Bertz CT molecular complexity index is 486. The highest BCUT2D eigenvalue weighted by Crippen LogP contribution is 2.13. The monoisotopic (exact) mass is 215 g/mol. The van der Waals surface area contributed by atoms with Gasteiger partial charge in [-0.1, -0.05) is 12.1 Å². The van der Waals surface area contributed by atoms with E-state index in [1.165, 1.54) is 11.3 Å². The van der Waals surface area contributed by atoms with Crippen LogP contribution in [0, 0.1) is 13.8 Å². The molecule has 0 bridgehead atoms. The average molecular weight is 215 g/mol. The molecule has 1 N–H and O–H groups in total. The number of hydrogen-bond acceptors (Lipinski definition) is 2. The van der Waals surface area contributed by atoms with Crippen LogP contribution < -0.4 is 5.32 Å². The number of aryl methyl sites for hydroxylation is 2. The Hall–Kier alpha value is -1.61. The van der Waals surface area contributed by atoms with Crippen LogP contribution in [-0.4, -0.2) is 16.8 Å². The Balaban J connectivity index is 2.40. The van der Waals surface area contributed by atoms with Crippen molar-refractivity contribution in [1.82, 2.24) is 15.1 Å². The molecule has 0 spiro atoms. The molecule has 2 rings (SSSR count). The lowest BCUT2D eigenvalue weighted by Crippen LogP contribution is -2.06. The van der Waals surface area contributed by atoms with E-state index in [1.54, 1.807) is 0 Å². The highest BCUT2D eigenvalue weighted by Gasteiger charge is 2.03. The zero-order chi connectivity index (χ0) is 11.5. The van der Waals surface area contributed by atoms with Gasteiger partial charge in [-0.3, -0.25) is 0 Å². The van der Waals surface area contributed by atoms with Crippen LogP contribution in [0.4, 0.5) is 0 Å². The average Bonchev–Trinajstić information content (AvgIpc) is 2.59. The summed E-state index contributed by atoms with van der Waals surface area (Å²) >= 11 is 0. The number of benzene rings is 1. The molecular weight excluding hydrogens is 198 g/mol. The molecule has 0 radical (unpaired) electrons. The molecule has 0 aliphatic rings. The zero-order valence-electron chi connectivity index (χ0n) is 9.99. The maximum Gasteiger partial charge on any atom is 0.0651 e. The molecule has 0 amide bonds. The van der Waals surface area contributed by atoms with Gasteiger partial charge >= 0.3 is 0 Å². The van der Waals surface area contributed by atoms with Gasteiger partial charge in [0, 0.05) is 12.2 Å². The second-order valence-corrected chi connectivity index (χ2v) is 4.04. The van der Waals surface area contributed by atoms with Crippen molar-refractivity contribution in [1.29, 1.82) is 0 Å². The second-order valence-electron chi connectivity index (χ2n) is 4.04. The summed E-state index contributed by atoms with van der Waals surface area (Å²) < 4.78 is 1.98. The van der Waals surface area contributed by atoms with Gasteiger partial charge in [-0.25, -0.2) is 4.68 Å². The molecule has 0 saturated heterocycles. The van der Waals surface area contributed by atoms with Crippen molar-refractivity contribution in [2.75, 3.05) is 7.05 Å². The summed E-state index contributed by atoms with van der Waals surface area (Å²) in [4.78, 5) is 0. The molecule has 0 atom stereocenters. The SMILES string of the molecule is CNCc1cccc(-n2nc(C)cc2C)c1. The number of rotatable bonds is 3. The summed E-state index contributed by atoms with van der Waals surface area (Å²) in [5.41, 5.74) is 4.61. The molecule has 3 nitrogen and oxygen atoms in total. The molecular formula is C13H17N3. The molecule has 0 fully saturated rings. The lowest BCUT2D eigenvalue weighted by atomic mass is 10.2. The van der Waals surface area contributed by atoms with E-state index in [4.69, 9.17) is 0 Å². The summed E-state index contributed by atoms with van der Waals surface area (Å²) in [6.07, 6.45) is 0. The van der Waals surface area contributed by atoms with Gasteiger partial charge in [-0.2, -0.15) is 5.10 Å². The van der Waals surface area contributed by atoms with Crippen molar-refractivity contribution >= 4 is 0 Å². The highest BCUT2D eigenvalue weighted by atomic mass is 15.3. The maximum atomic E-state index is 4.48. The number of nitrogens with zero attached hydrogens (tertiary/aromatic N) is 2.